The number of halogens is 1. The fraction of sp³-hybridized carbons (Fsp3) is 0.333. The molecule has 0 saturated carbocycles. The van der Waals surface area contributed by atoms with Gasteiger partial charge in [0.2, 0.25) is 0 Å². The average Bonchev–Trinajstić information content (AvgIpc) is 2.58. The van der Waals surface area contributed by atoms with E-state index >= 15 is 0 Å². The third-order valence-corrected chi connectivity index (χ3v) is 3.10. The molecule has 4 heteroatoms. The van der Waals surface area contributed by atoms with Gasteiger partial charge in [-0.25, -0.2) is 4.98 Å². The number of hydrogen-bond acceptors (Lipinski definition) is 2. The first-order valence-corrected chi connectivity index (χ1v) is 6.05. The van der Waals surface area contributed by atoms with Crippen LogP contribution in [0.3, 0.4) is 0 Å². The second-order valence-electron chi connectivity index (χ2n) is 3.83. The highest BCUT2D eigenvalue weighted by atomic mass is 79.9. The summed E-state index contributed by atoms with van der Waals surface area (Å²) < 4.78 is 2.93. The SMILES string of the molecule is Cc1nc(CCc2ccc(Br)cc2)nn1C. The van der Waals surface area contributed by atoms with Crippen LogP contribution in [-0.2, 0) is 19.9 Å². The molecule has 0 atom stereocenters. The molecule has 0 bridgehead atoms. The largest absolute Gasteiger partial charge is 0.253 e. The number of aromatic nitrogens is 3. The third-order valence-electron chi connectivity index (χ3n) is 2.58. The van der Waals surface area contributed by atoms with Gasteiger partial charge < -0.3 is 0 Å². The third kappa shape index (κ3) is 2.70. The summed E-state index contributed by atoms with van der Waals surface area (Å²) in [5.74, 6) is 1.88. The van der Waals surface area contributed by atoms with Gasteiger partial charge in [0.15, 0.2) is 5.82 Å². The summed E-state index contributed by atoms with van der Waals surface area (Å²) in [4.78, 5) is 4.39. The number of aryl methyl sites for hydroxylation is 4. The molecule has 0 aliphatic rings. The number of rotatable bonds is 3. The van der Waals surface area contributed by atoms with Crippen LogP contribution in [0, 0.1) is 6.92 Å². The Bertz CT molecular complexity index is 454. The standard InChI is InChI=1S/C12H14BrN3/c1-9-14-12(15-16(9)2)8-5-10-3-6-11(13)7-4-10/h3-4,6-7H,5,8H2,1-2H3. The van der Waals surface area contributed by atoms with Gasteiger partial charge in [0.1, 0.15) is 5.82 Å². The monoisotopic (exact) mass is 279 g/mol. The molecule has 1 aromatic carbocycles. The van der Waals surface area contributed by atoms with E-state index in [1.165, 1.54) is 5.56 Å². The molecule has 0 unspecified atom stereocenters. The maximum Gasteiger partial charge on any atom is 0.151 e. The van der Waals surface area contributed by atoms with Crippen LogP contribution in [-0.4, -0.2) is 14.8 Å². The topological polar surface area (TPSA) is 30.7 Å². The highest BCUT2D eigenvalue weighted by Crippen LogP contribution is 2.12. The fourth-order valence-corrected chi connectivity index (χ4v) is 1.80. The van der Waals surface area contributed by atoms with Crippen molar-refractivity contribution in [2.45, 2.75) is 19.8 Å². The Hall–Kier alpha value is -1.16. The molecule has 0 N–H and O–H groups in total. The van der Waals surface area contributed by atoms with E-state index in [1.54, 1.807) is 0 Å². The van der Waals surface area contributed by atoms with E-state index in [-0.39, 0.29) is 0 Å². The van der Waals surface area contributed by atoms with Crippen molar-refractivity contribution in [2.75, 3.05) is 0 Å². The Balaban J connectivity index is 1.99. The lowest BCUT2D eigenvalue weighted by Crippen LogP contribution is -1.96. The first-order valence-electron chi connectivity index (χ1n) is 5.26. The van der Waals surface area contributed by atoms with Crippen molar-refractivity contribution in [1.82, 2.24) is 14.8 Å². The molecule has 0 saturated heterocycles. The van der Waals surface area contributed by atoms with E-state index < -0.39 is 0 Å². The first-order chi connectivity index (χ1) is 7.65. The predicted molar refractivity (Wildman–Crippen MR) is 67.3 cm³/mol. The van der Waals surface area contributed by atoms with Gasteiger partial charge >= 0.3 is 0 Å². The van der Waals surface area contributed by atoms with Crippen LogP contribution in [0.2, 0.25) is 0 Å². The molecule has 16 heavy (non-hydrogen) atoms. The molecule has 3 nitrogen and oxygen atoms in total. The van der Waals surface area contributed by atoms with Crippen LogP contribution in [0.5, 0.6) is 0 Å². The maximum absolute atomic E-state index is 4.39. The summed E-state index contributed by atoms with van der Waals surface area (Å²) in [7, 11) is 1.92. The molecule has 84 valence electrons. The predicted octanol–water partition coefficient (Wildman–Crippen LogP) is 2.67. The minimum atomic E-state index is 0.892. The number of hydrogen-bond donors (Lipinski definition) is 0. The quantitative estimate of drug-likeness (QED) is 0.865. The van der Waals surface area contributed by atoms with E-state index in [9.17, 15) is 0 Å². The van der Waals surface area contributed by atoms with Gasteiger partial charge in [-0.05, 0) is 31.0 Å². The smallest absolute Gasteiger partial charge is 0.151 e. The van der Waals surface area contributed by atoms with Crippen LogP contribution in [0.4, 0.5) is 0 Å². The van der Waals surface area contributed by atoms with E-state index in [1.807, 2.05) is 18.7 Å². The number of nitrogens with zero attached hydrogens (tertiary/aromatic N) is 3. The molecule has 0 radical (unpaired) electrons. The minimum Gasteiger partial charge on any atom is -0.253 e. The summed E-state index contributed by atoms with van der Waals surface area (Å²) in [6.07, 6.45) is 1.88. The lowest BCUT2D eigenvalue weighted by atomic mass is 10.1. The normalized spacial score (nSPS) is 10.7. The van der Waals surface area contributed by atoms with E-state index in [2.05, 4.69) is 50.3 Å². The lowest BCUT2D eigenvalue weighted by Gasteiger charge is -1.98. The molecule has 0 aliphatic carbocycles. The Morgan fingerprint density at radius 3 is 2.44 bits per heavy atom. The van der Waals surface area contributed by atoms with Crippen molar-refractivity contribution >= 4 is 15.9 Å². The molecule has 0 amide bonds. The molecule has 0 aliphatic heterocycles. The van der Waals surface area contributed by atoms with Crippen LogP contribution in [0.1, 0.15) is 17.2 Å². The van der Waals surface area contributed by atoms with Crippen LogP contribution in [0.15, 0.2) is 28.7 Å². The minimum absolute atomic E-state index is 0.892. The van der Waals surface area contributed by atoms with Gasteiger partial charge in [0, 0.05) is 17.9 Å². The zero-order valence-corrected chi connectivity index (χ0v) is 11.0. The summed E-state index contributed by atoms with van der Waals surface area (Å²) in [5.41, 5.74) is 1.31. The summed E-state index contributed by atoms with van der Waals surface area (Å²) >= 11 is 3.43. The molecule has 1 aromatic heterocycles. The van der Waals surface area contributed by atoms with Gasteiger partial charge in [-0.2, -0.15) is 5.10 Å². The Labute approximate surface area is 104 Å². The molecule has 1 heterocycles. The molecule has 0 spiro atoms. The molecule has 0 fully saturated rings. The second kappa shape index (κ2) is 4.78. The zero-order valence-electron chi connectivity index (χ0n) is 9.44. The molecular weight excluding hydrogens is 266 g/mol. The molecule has 2 rings (SSSR count). The maximum atomic E-state index is 4.39. The Morgan fingerprint density at radius 2 is 1.88 bits per heavy atom. The van der Waals surface area contributed by atoms with Gasteiger partial charge in [-0.3, -0.25) is 4.68 Å². The molecular formula is C12H14BrN3. The zero-order chi connectivity index (χ0) is 11.5. The first kappa shape index (κ1) is 11.3. The fourth-order valence-electron chi connectivity index (χ4n) is 1.54. The number of benzene rings is 1. The van der Waals surface area contributed by atoms with Crippen molar-refractivity contribution in [2.24, 2.45) is 7.05 Å². The Kier molecular flexibility index (Phi) is 3.39. The summed E-state index contributed by atoms with van der Waals surface area (Å²) in [5, 5.41) is 4.34. The lowest BCUT2D eigenvalue weighted by molar-refractivity contribution is 0.716. The summed E-state index contributed by atoms with van der Waals surface area (Å²) in [6.45, 7) is 1.97. The average molecular weight is 280 g/mol. The van der Waals surface area contributed by atoms with Crippen molar-refractivity contribution in [1.29, 1.82) is 0 Å². The highest BCUT2D eigenvalue weighted by molar-refractivity contribution is 9.10. The van der Waals surface area contributed by atoms with E-state index in [0.29, 0.717) is 0 Å². The van der Waals surface area contributed by atoms with Crippen LogP contribution in [0.25, 0.3) is 0 Å². The summed E-state index contributed by atoms with van der Waals surface area (Å²) in [6, 6.07) is 8.37. The van der Waals surface area contributed by atoms with Crippen molar-refractivity contribution in [3.05, 3.63) is 46.0 Å². The second-order valence-corrected chi connectivity index (χ2v) is 4.74. The molecule has 2 aromatic rings. The van der Waals surface area contributed by atoms with E-state index in [0.717, 1.165) is 29.0 Å². The van der Waals surface area contributed by atoms with Crippen molar-refractivity contribution in [3.8, 4) is 0 Å². The van der Waals surface area contributed by atoms with E-state index in [4.69, 9.17) is 0 Å². The Morgan fingerprint density at radius 1 is 1.19 bits per heavy atom. The van der Waals surface area contributed by atoms with Crippen molar-refractivity contribution in [3.63, 3.8) is 0 Å². The van der Waals surface area contributed by atoms with Gasteiger partial charge in [0.05, 0.1) is 0 Å². The highest BCUT2D eigenvalue weighted by Gasteiger charge is 2.03. The van der Waals surface area contributed by atoms with Gasteiger partial charge in [0.25, 0.3) is 0 Å². The van der Waals surface area contributed by atoms with Crippen LogP contribution >= 0.6 is 15.9 Å². The van der Waals surface area contributed by atoms with Crippen LogP contribution < -0.4 is 0 Å². The van der Waals surface area contributed by atoms with Gasteiger partial charge in [-0.15, -0.1) is 0 Å². The van der Waals surface area contributed by atoms with Crippen molar-refractivity contribution < 1.29 is 0 Å². The van der Waals surface area contributed by atoms with Gasteiger partial charge in [-0.1, -0.05) is 28.1 Å².